The van der Waals surface area contributed by atoms with Gasteiger partial charge in [-0.2, -0.15) is 8.42 Å². The summed E-state index contributed by atoms with van der Waals surface area (Å²) in [5, 5.41) is 0. The summed E-state index contributed by atoms with van der Waals surface area (Å²) in [6.45, 7) is 3.04. The number of ether oxygens (including phenoxy) is 1. The van der Waals surface area contributed by atoms with Crippen LogP contribution in [0.5, 0.6) is 0 Å². The van der Waals surface area contributed by atoms with Gasteiger partial charge in [0.25, 0.3) is 10.1 Å². The SMILES string of the molecule is CCCCOC(=O)N1CCCC1COS(C)(=O)=O. The molecule has 1 rings (SSSR count). The van der Waals surface area contributed by atoms with E-state index in [1.807, 2.05) is 6.92 Å². The fourth-order valence-corrected chi connectivity index (χ4v) is 2.24. The molecule has 0 aliphatic carbocycles. The van der Waals surface area contributed by atoms with Crippen LogP contribution in [0.2, 0.25) is 0 Å². The van der Waals surface area contributed by atoms with Crippen LogP contribution in [0.15, 0.2) is 0 Å². The van der Waals surface area contributed by atoms with Crippen LogP contribution in [0.3, 0.4) is 0 Å². The summed E-state index contributed by atoms with van der Waals surface area (Å²) in [5.74, 6) is 0. The monoisotopic (exact) mass is 279 g/mol. The molecule has 0 radical (unpaired) electrons. The molecular weight excluding hydrogens is 258 g/mol. The molecule has 1 aliphatic heterocycles. The first-order valence-corrected chi connectivity index (χ1v) is 8.03. The topological polar surface area (TPSA) is 72.9 Å². The van der Waals surface area contributed by atoms with Crippen molar-refractivity contribution in [3.63, 3.8) is 0 Å². The van der Waals surface area contributed by atoms with Gasteiger partial charge in [-0.05, 0) is 19.3 Å². The van der Waals surface area contributed by atoms with Crippen LogP contribution in [0.1, 0.15) is 32.6 Å². The lowest BCUT2D eigenvalue weighted by molar-refractivity contribution is 0.0873. The first kappa shape index (κ1) is 15.2. The van der Waals surface area contributed by atoms with E-state index in [-0.39, 0.29) is 18.7 Å². The maximum Gasteiger partial charge on any atom is 0.410 e. The van der Waals surface area contributed by atoms with Crippen LogP contribution >= 0.6 is 0 Å². The number of amides is 1. The summed E-state index contributed by atoms with van der Waals surface area (Å²) >= 11 is 0. The van der Waals surface area contributed by atoms with Gasteiger partial charge >= 0.3 is 6.09 Å². The van der Waals surface area contributed by atoms with Gasteiger partial charge in [0.15, 0.2) is 0 Å². The van der Waals surface area contributed by atoms with Gasteiger partial charge in [0.05, 0.1) is 25.5 Å². The maximum absolute atomic E-state index is 11.8. The van der Waals surface area contributed by atoms with E-state index < -0.39 is 10.1 Å². The van der Waals surface area contributed by atoms with Crippen molar-refractivity contribution in [3.8, 4) is 0 Å². The third kappa shape index (κ3) is 5.22. The zero-order valence-electron chi connectivity index (χ0n) is 10.9. The van der Waals surface area contributed by atoms with E-state index in [9.17, 15) is 13.2 Å². The van der Waals surface area contributed by atoms with Gasteiger partial charge in [0.1, 0.15) is 0 Å². The number of nitrogens with zero attached hydrogens (tertiary/aromatic N) is 1. The van der Waals surface area contributed by atoms with Crippen LogP contribution in [0.4, 0.5) is 4.79 Å². The highest BCUT2D eigenvalue weighted by Crippen LogP contribution is 2.19. The van der Waals surface area contributed by atoms with E-state index in [1.165, 1.54) is 0 Å². The van der Waals surface area contributed by atoms with Crippen molar-refractivity contribution in [2.45, 2.75) is 38.6 Å². The first-order valence-electron chi connectivity index (χ1n) is 6.22. The number of carbonyl (C=O) groups excluding carboxylic acids is 1. The van der Waals surface area contributed by atoms with Crippen LogP contribution in [0.25, 0.3) is 0 Å². The molecule has 1 atom stereocenters. The van der Waals surface area contributed by atoms with Gasteiger partial charge < -0.3 is 9.64 Å². The van der Waals surface area contributed by atoms with Crippen molar-refractivity contribution < 1.29 is 22.1 Å². The largest absolute Gasteiger partial charge is 0.449 e. The second-order valence-corrected chi connectivity index (χ2v) is 6.09. The van der Waals surface area contributed by atoms with Gasteiger partial charge in [-0.3, -0.25) is 4.18 Å². The predicted octanol–water partition coefficient (Wildman–Crippen LogP) is 1.36. The van der Waals surface area contributed by atoms with Gasteiger partial charge in [-0.15, -0.1) is 0 Å². The van der Waals surface area contributed by atoms with E-state index >= 15 is 0 Å². The zero-order valence-corrected chi connectivity index (χ0v) is 11.7. The van der Waals surface area contributed by atoms with Gasteiger partial charge in [-0.1, -0.05) is 13.3 Å². The second kappa shape index (κ2) is 6.94. The summed E-state index contributed by atoms with van der Waals surface area (Å²) in [4.78, 5) is 13.3. The average molecular weight is 279 g/mol. The lowest BCUT2D eigenvalue weighted by Crippen LogP contribution is -2.39. The summed E-state index contributed by atoms with van der Waals surface area (Å²) in [6, 6.07) is -0.200. The highest BCUT2D eigenvalue weighted by Gasteiger charge is 2.30. The Labute approximate surface area is 108 Å². The molecule has 106 valence electrons. The first-order chi connectivity index (χ1) is 8.44. The molecule has 1 saturated heterocycles. The van der Waals surface area contributed by atoms with E-state index in [2.05, 4.69) is 0 Å². The number of carbonyl (C=O) groups is 1. The predicted molar refractivity (Wildman–Crippen MR) is 66.8 cm³/mol. The zero-order chi connectivity index (χ0) is 13.6. The molecule has 1 unspecified atom stereocenters. The number of hydrogen-bond acceptors (Lipinski definition) is 5. The van der Waals surface area contributed by atoms with Crippen molar-refractivity contribution in [1.82, 2.24) is 4.90 Å². The van der Waals surface area contributed by atoms with E-state index in [1.54, 1.807) is 4.90 Å². The Bertz CT molecular complexity index is 368. The molecule has 1 heterocycles. The Kier molecular flexibility index (Phi) is 5.87. The van der Waals surface area contributed by atoms with Crippen molar-refractivity contribution >= 4 is 16.2 Å². The molecular formula is C11H21NO5S. The normalized spacial score (nSPS) is 20.1. The summed E-state index contributed by atoms with van der Waals surface area (Å²) in [6.07, 6.45) is 4.03. The quantitative estimate of drug-likeness (QED) is 0.542. The number of unbranched alkanes of at least 4 members (excludes halogenated alkanes) is 1. The van der Waals surface area contributed by atoms with Gasteiger partial charge in [-0.25, -0.2) is 4.79 Å². The molecule has 0 aromatic carbocycles. The minimum absolute atomic E-state index is 0.0156. The highest BCUT2D eigenvalue weighted by molar-refractivity contribution is 7.85. The van der Waals surface area contributed by atoms with E-state index in [4.69, 9.17) is 8.92 Å². The molecule has 0 saturated carbocycles. The third-order valence-electron chi connectivity index (χ3n) is 2.81. The summed E-state index contributed by atoms with van der Waals surface area (Å²) in [7, 11) is -3.46. The van der Waals surface area contributed by atoms with Crippen molar-refractivity contribution in [3.05, 3.63) is 0 Å². The number of rotatable bonds is 6. The number of likely N-dealkylation sites (tertiary alicyclic amines) is 1. The van der Waals surface area contributed by atoms with E-state index in [0.29, 0.717) is 13.2 Å². The Balaban J connectivity index is 2.41. The van der Waals surface area contributed by atoms with Gasteiger partial charge in [0.2, 0.25) is 0 Å². The van der Waals surface area contributed by atoms with Crippen molar-refractivity contribution in [1.29, 1.82) is 0 Å². The van der Waals surface area contributed by atoms with Crippen molar-refractivity contribution in [2.75, 3.05) is 26.0 Å². The Morgan fingerprint density at radius 2 is 2.17 bits per heavy atom. The van der Waals surface area contributed by atoms with Crippen LogP contribution < -0.4 is 0 Å². The molecule has 0 aromatic heterocycles. The Morgan fingerprint density at radius 1 is 1.44 bits per heavy atom. The van der Waals surface area contributed by atoms with Crippen LogP contribution in [0, 0.1) is 0 Å². The Morgan fingerprint density at radius 3 is 2.78 bits per heavy atom. The number of hydrogen-bond donors (Lipinski definition) is 0. The van der Waals surface area contributed by atoms with Crippen LogP contribution in [-0.4, -0.2) is 51.5 Å². The minimum atomic E-state index is -3.46. The lowest BCUT2D eigenvalue weighted by Gasteiger charge is -2.23. The van der Waals surface area contributed by atoms with Crippen LogP contribution in [-0.2, 0) is 19.0 Å². The van der Waals surface area contributed by atoms with Crippen molar-refractivity contribution in [2.24, 2.45) is 0 Å². The molecule has 0 bridgehead atoms. The molecule has 6 nitrogen and oxygen atoms in total. The fourth-order valence-electron chi connectivity index (χ4n) is 1.84. The standard InChI is InChI=1S/C11H21NO5S/c1-3-4-8-16-11(13)12-7-5-6-10(12)9-17-18(2,14)15/h10H,3-9H2,1-2H3. The highest BCUT2D eigenvalue weighted by atomic mass is 32.2. The molecule has 0 N–H and O–H groups in total. The lowest BCUT2D eigenvalue weighted by atomic mass is 10.2. The molecule has 0 spiro atoms. The maximum atomic E-state index is 11.8. The Hall–Kier alpha value is -0.820. The molecule has 18 heavy (non-hydrogen) atoms. The third-order valence-corrected chi connectivity index (χ3v) is 3.37. The minimum Gasteiger partial charge on any atom is -0.449 e. The van der Waals surface area contributed by atoms with E-state index in [0.717, 1.165) is 31.9 Å². The molecule has 1 amide bonds. The summed E-state index contributed by atoms with van der Waals surface area (Å²) < 4.78 is 31.7. The smallest absolute Gasteiger partial charge is 0.410 e. The molecule has 1 aliphatic rings. The summed E-state index contributed by atoms with van der Waals surface area (Å²) in [5.41, 5.74) is 0. The fraction of sp³-hybridized carbons (Fsp3) is 0.909. The average Bonchev–Trinajstić information content (AvgIpc) is 2.73. The molecule has 1 fully saturated rings. The second-order valence-electron chi connectivity index (χ2n) is 4.45. The molecule has 7 heteroatoms. The molecule has 0 aromatic rings. The van der Waals surface area contributed by atoms with Gasteiger partial charge in [0, 0.05) is 6.54 Å².